The summed E-state index contributed by atoms with van der Waals surface area (Å²) in [4.78, 5) is 0. The highest BCUT2D eigenvalue weighted by atomic mass is 16.5. The Balaban J connectivity index is 2.12. The lowest BCUT2D eigenvalue weighted by molar-refractivity contribution is 0.199. The molecule has 0 unspecified atom stereocenters. The largest absolute Gasteiger partial charge is 0.488 e. The summed E-state index contributed by atoms with van der Waals surface area (Å²) in [5.41, 5.74) is 3.74. The molecule has 2 rings (SSSR count). The number of hydrogen-bond donors (Lipinski definition) is 1. The molecule has 1 aromatic carbocycles. The van der Waals surface area contributed by atoms with E-state index in [1.165, 1.54) is 0 Å². The van der Waals surface area contributed by atoms with Crippen molar-refractivity contribution in [1.82, 2.24) is 5.16 Å². The minimum Gasteiger partial charge on any atom is -0.488 e. The van der Waals surface area contributed by atoms with Gasteiger partial charge in [-0.3, -0.25) is 0 Å². The second kappa shape index (κ2) is 5.45. The predicted molar refractivity (Wildman–Crippen MR) is 72.1 cm³/mol. The number of aliphatic hydroxyl groups excluding tert-OH is 1. The van der Waals surface area contributed by atoms with Gasteiger partial charge in [0.2, 0.25) is 0 Å². The minimum absolute atomic E-state index is 0.441. The van der Waals surface area contributed by atoms with Crippen molar-refractivity contribution >= 4 is 0 Å². The average Bonchev–Trinajstić information content (AvgIpc) is 2.68. The molecule has 1 N–H and O–H groups in total. The lowest BCUT2D eigenvalue weighted by Crippen LogP contribution is -2.00. The van der Waals surface area contributed by atoms with Crippen LogP contribution in [0.4, 0.5) is 0 Å². The van der Waals surface area contributed by atoms with E-state index in [1.54, 1.807) is 6.92 Å². The molecular formula is C15H19NO3. The Morgan fingerprint density at radius 1 is 1.32 bits per heavy atom. The molecule has 2 aromatic rings. The fraction of sp³-hybridized carbons (Fsp3) is 0.400. The van der Waals surface area contributed by atoms with Crippen LogP contribution in [-0.4, -0.2) is 10.3 Å². The summed E-state index contributed by atoms with van der Waals surface area (Å²) in [5, 5.41) is 13.4. The maximum Gasteiger partial charge on any atom is 0.140 e. The number of ether oxygens (including phenoxy) is 1. The first-order valence-electron chi connectivity index (χ1n) is 6.32. The summed E-state index contributed by atoms with van der Waals surface area (Å²) in [7, 11) is 0. The first-order valence-corrected chi connectivity index (χ1v) is 6.32. The zero-order valence-corrected chi connectivity index (χ0v) is 11.7. The summed E-state index contributed by atoms with van der Waals surface area (Å²) in [6.45, 7) is 7.93. The molecule has 0 aliphatic heterocycles. The first kappa shape index (κ1) is 13.6. The zero-order chi connectivity index (χ0) is 14.0. The van der Waals surface area contributed by atoms with Crippen LogP contribution in [0.25, 0.3) is 0 Å². The number of aromatic nitrogens is 1. The van der Waals surface area contributed by atoms with Crippen molar-refractivity contribution in [2.24, 2.45) is 0 Å². The Morgan fingerprint density at radius 2 is 2.05 bits per heavy atom. The van der Waals surface area contributed by atoms with Gasteiger partial charge in [0, 0.05) is 0 Å². The molecule has 0 radical (unpaired) electrons. The maximum atomic E-state index is 9.53. The van der Waals surface area contributed by atoms with Crippen LogP contribution in [0, 0.1) is 20.8 Å². The van der Waals surface area contributed by atoms with Crippen LogP contribution < -0.4 is 4.74 Å². The molecule has 0 aliphatic carbocycles. The molecule has 1 atom stereocenters. The molecule has 0 fully saturated rings. The monoisotopic (exact) mass is 261 g/mol. The van der Waals surface area contributed by atoms with Crippen molar-refractivity contribution < 1.29 is 14.4 Å². The average molecular weight is 261 g/mol. The van der Waals surface area contributed by atoms with E-state index in [0.29, 0.717) is 6.61 Å². The van der Waals surface area contributed by atoms with Crippen LogP contribution in [0.1, 0.15) is 41.2 Å². The topological polar surface area (TPSA) is 55.5 Å². The molecular weight excluding hydrogens is 242 g/mol. The summed E-state index contributed by atoms with van der Waals surface area (Å²) < 4.78 is 10.9. The smallest absolute Gasteiger partial charge is 0.140 e. The van der Waals surface area contributed by atoms with Crippen LogP contribution in [0.15, 0.2) is 22.7 Å². The van der Waals surface area contributed by atoms with Crippen LogP contribution in [0.2, 0.25) is 0 Å². The molecule has 4 nitrogen and oxygen atoms in total. The van der Waals surface area contributed by atoms with E-state index in [0.717, 1.165) is 33.9 Å². The van der Waals surface area contributed by atoms with Crippen LogP contribution in [0.5, 0.6) is 5.75 Å². The van der Waals surface area contributed by atoms with E-state index in [1.807, 2.05) is 39.0 Å². The van der Waals surface area contributed by atoms with Crippen LogP contribution in [-0.2, 0) is 6.61 Å². The lowest BCUT2D eigenvalue weighted by atomic mass is 10.1. The van der Waals surface area contributed by atoms with E-state index >= 15 is 0 Å². The van der Waals surface area contributed by atoms with Gasteiger partial charge in [-0.05, 0) is 51.0 Å². The molecule has 0 bridgehead atoms. The molecule has 0 aliphatic rings. The number of nitrogens with zero attached hydrogens (tertiary/aromatic N) is 1. The SMILES string of the molecule is Cc1cc([C@@H](C)O)ccc1OCc1c(C)noc1C. The van der Waals surface area contributed by atoms with E-state index < -0.39 is 6.10 Å². The highest BCUT2D eigenvalue weighted by Crippen LogP contribution is 2.24. The lowest BCUT2D eigenvalue weighted by Gasteiger charge is -2.11. The third kappa shape index (κ3) is 2.96. The standard InChI is InChI=1S/C15H19NO3/c1-9-7-13(11(3)17)5-6-15(9)18-8-14-10(2)16-19-12(14)4/h5-7,11,17H,8H2,1-4H3/t11-/m1/s1. The number of benzene rings is 1. The van der Waals surface area contributed by atoms with Crippen molar-refractivity contribution in [3.8, 4) is 5.75 Å². The van der Waals surface area contributed by atoms with Gasteiger partial charge in [0.15, 0.2) is 0 Å². The van der Waals surface area contributed by atoms with Gasteiger partial charge in [-0.2, -0.15) is 0 Å². The number of rotatable bonds is 4. The number of hydrogen-bond acceptors (Lipinski definition) is 4. The molecule has 0 spiro atoms. The fourth-order valence-electron chi connectivity index (χ4n) is 1.95. The molecule has 0 amide bonds. The Hall–Kier alpha value is -1.81. The van der Waals surface area contributed by atoms with Gasteiger partial charge >= 0.3 is 0 Å². The molecule has 1 aromatic heterocycles. The predicted octanol–water partition coefficient (Wildman–Crippen LogP) is 3.23. The Labute approximate surface area is 113 Å². The van der Waals surface area contributed by atoms with Crippen LogP contribution >= 0.6 is 0 Å². The molecule has 102 valence electrons. The van der Waals surface area contributed by atoms with E-state index in [4.69, 9.17) is 9.26 Å². The van der Waals surface area contributed by atoms with Crippen molar-refractivity contribution in [3.63, 3.8) is 0 Å². The van der Waals surface area contributed by atoms with Crippen molar-refractivity contribution in [1.29, 1.82) is 0 Å². The highest BCUT2D eigenvalue weighted by Gasteiger charge is 2.11. The van der Waals surface area contributed by atoms with Gasteiger partial charge in [0.25, 0.3) is 0 Å². The third-order valence-electron chi connectivity index (χ3n) is 3.23. The third-order valence-corrected chi connectivity index (χ3v) is 3.23. The summed E-state index contributed by atoms with van der Waals surface area (Å²) >= 11 is 0. The second-order valence-corrected chi connectivity index (χ2v) is 4.79. The summed E-state index contributed by atoms with van der Waals surface area (Å²) in [6, 6.07) is 5.70. The van der Waals surface area contributed by atoms with Gasteiger partial charge in [-0.25, -0.2) is 0 Å². The van der Waals surface area contributed by atoms with E-state index in [-0.39, 0.29) is 0 Å². The van der Waals surface area contributed by atoms with Gasteiger partial charge in [-0.1, -0.05) is 11.2 Å². The first-order chi connectivity index (χ1) is 8.99. The summed E-state index contributed by atoms with van der Waals surface area (Å²) in [5.74, 6) is 1.60. The zero-order valence-electron chi connectivity index (χ0n) is 11.7. The fourth-order valence-corrected chi connectivity index (χ4v) is 1.95. The quantitative estimate of drug-likeness (QED) is 0.918. The number of aliphatic hydroxyl groups is 1. The van der Waals surface area contributed by atoms with Crippen molar-refractivity contribution in [2.45, 2.75) is 40.4 Å². The molecule has 19 heavy (non-hydrogen) atoms. The van der Waals surface area contributed by atoms with E-state index in [2.05, 4.69) is 5.16 Å². The van der Waals surface area contributed by atoms with Gasteiger partial charge in [0.1, 0.15) is 18.1 Å². The Morgan fingerprint density at radius 3 is 2.58 bits per heavy atom. The molecule has 0 saturated heterocycles. The molecule has 4 heteroatoms. The van der Waals surface area contributed by atoms with E-state index in [9.17, 15) is 5.11 Å². The Bertz CT molecular complexity index is 553. The van der Waals surface area contributed by atoms with Gasteiger partial charge in [0.05, 0.1) is 17.4 Å². The van der Waals surface area contributed by atoms with Crippen molar-refractivity contribution in [2.75, 3.05) is 0 Å². The van der Waals surface area contributed by atoms with Gasteiger partial charge in [-0.15, -0.1) is 0 Å². The van der Waals surface area contributed by atoms with Gasteiger partial charge < -0.3 is 14.4 Å². The van der Waals surface area contributed by atoms with Crippen LogP contribution in [0.3, 0.4) is 0 Å². The van der Waals surface area contributed by atoms with Crippen molar-refractivity contribution in [3.05, 3.63) is 46.3 Å². The number of aryl methyl sites for hydroxylation is 3. The maximum absolute atomic E-state index is 9.53. The molecule has 0 saturated carbocycles. The Kier molecular flexibility index (Phi) is 3.90. The minimum atomic E-state index is -0.463. The molecule has 1 heterocycles. The second-order valence-electron chi connectivity index (χ2n) is 4.79. The normalized spacial score (nSPS) is 12.5. The summed E-state index contributed by atoms with van der Waals surface area (Å²) in [6.07, 6.45) is -0.463. The highest BCUT2D eigenvalue weighted by molar-refractivity contribution is 5.37.